The lowest BCUT2D eigenvalue weighted by Gasteiger charge is -2.13. The lowest BCUT2D eigenvalue weighted by atomic mass is 10.2. The molecule has 0 radical (unpaired) electrons. The normalized spacial score (nSPS) is 10.8. The molecule has 11 heteroatoms. The van der Waals surface area contributed by atoms with Crippen molar-refractivity contribution in [3.8, 4) is 0 Å². The van der Waals surface area contributed by atoms with E-state index in [4.69, 9.17) is 4.74 Å². The van der Waals surface area contributed by atoms with Crippen LogP contribution in [0.2, 0.25) is 0 Å². The van der Waals surface area contributed by atoms with Crippen LogP contribution < -0.4 is 15.4 Å². The van der Waals surface area contributed by atoms with Crippen molar-refractivity contribution in [3.05, 3.63) is 59.4 Å². The number of hydrogen-bond donors (Lipinski definition) is 3. The monoisotopic (exact) mass is 437 g/mol. The van der Waals surface area contributed by atoms with Crippen LogP contribution in [0.25, 0.3) is 0 Å². The summed E-state index contributed by atoms with van der Waals surface area (Å²) in [6, 6.07) is 8.15. The average molecular weight is 437 g/mol. The van der Waals surface area contributed by atoms with Gasteiger partial charge in [0.05, 0.1) is 16.1 Å². The number of carbonyl (C=O) groups is 3. The molecule has 0 fully saturated rings. The van der Waals surface area contributed by atoms with Crippen LogP contribution in [0, 0.1) is 12.7 Å². The molecule has 0 saturated carbocycles. The molecule has 0 aliphatic rings. The summed E-state index contributed by atoms with van der Waals surface area (Å²) in [7, 11) is -4.12. The zero-order valence-corrected chi connectivity index (χ0v) is 17.0. The smallest absolute Gasteiger partial charge is 0.340 e. The molecular weight excluding hydrogens is 417 g/mol. The molecule has 30 heavy (non-hydrogen) atoms. The van der Waals surface area contributed by atoms with Crippen LogP contribution in [0.4, 0.5) is 14.9 Å². The summed E-state index contributed by atoms with van der Waals surface area (Å²) in [5.41, 5.74) is -0.0944. The van der Waals surface area contributed by atoms with Crippen molar-refractivity contribution >= 4 is 33.6 Å². The molecule has 0 aliphatic heterocycles. The van der Waals surface area contributed by atoms with Crippen LogP contribution in [0.3, 0.4) is 0 Å². The molecule has 3 amide bonds. The van der Waals surface area contributed by atoms with Gasteiger partial charge in [-0.25, -0.2) is 22.4 Å². The number of hydrogen-bond acceptors (Lipinski definition) is 6. The summed E-state index contributed by atoms with van der Waals surface area (Å²) in [5.74, 6) is -2.38. The number of benzene rings is 2. The highest BCUT2D eigenvalue weighted by Crippen LogP contribution is 2.22. The molecule has 160 valence electrons. The van der Waals surface area contributed by atoms with Gasteiger partial charge in [-0.3, -0.25) is 14.8 Å². The Balaban J connectivity index is 2.13. The molecule has 2 aromatic carbocycles. The fraction of sp³-hybridized carbons (Fsp3) is 0.211. The van der Waals surface area contributed by atoms with Gasteiger partial charge in [-0.2, -0.15) is 0 Å². The number of anilines is 1. The molecule has 0 spiro atoms. The van der Waals surface area contributed by atoms with Crippen molar-refractivity contribution in [2.45, 2.75) is 18.7 Å². The zero-order valence-electron chi connectivity index (χ0n) is 16.2. The first-order valence-electron chi connectivity index (χ1n) is 8.77. The predicted octanol–water partition coefficient (Wildman–Crippen LogP) is 1.94. The second-order valence-corrected chi connectivity index (χ2v) is 7.73. The lowest BCUT2D eigenvalue weighted by Crippen LogP contribution is -2.41. The van der Waals surface area contributed by atoms with E-state index < -0.39 is 40.4 Å². The third-order valence-corrected chi connectivity index (χ3v) is 5.12. The topological polar surface area (TPSA) is 131 Å². The molecule has 0 aliphatic carbocycles. The molecule has 2 rings (SSSR count). The predicted molar refractivity (Wildman–Crippen MR) is 106 cm³/mol. The van der Waals surface area contributed by atoms with Gasteiger partial charge < -0.3 is 10.1 Å². The molecule has 0 saturated heterocycles. The Hall–Kier alpha value is -3.47. The quantitative estimate of drug-likeness (QED) is 0.568. The summed E-state index contributed by atoms with van der Waals surface area (Å²) in [5, 5.41) is 4.31. The molecule has 0 aromatic heterocycles. The van der Waals surface area contributed by atoms with Crippen molar-refractivity contribution in [2.24, 2.45) is 0 Å². The number of nitrogens with one attached hydrogen (secondary N) is 3. The number of sulfonamides is 1. The number of urea groups is 1. The van der Waals surface area contributed by atoms with Crippen molar-refractivity contribution in [3.63, 3.8) is 0 Å². The van der Waals surface area contributed by atoms with Crippen molar-refractivity contribution in [1.29, 1.82) is 0 Å². The van der Waals surface area contributed by atoms with E-state index in [2.05, 4.69) is 10.0 Å². The van der Waals surface area contributed by atoms with E-state index >= 15 is 0 Å². The SMILES string of the molecule is CCNC(=O)NC(=O)COC(=O)c1ccccc1NS(=O)(=O)c1ccc(F)c(C)c1. The van der Waals surface area contributed by atoms with Gasteiger partial charge in [0.15, 0.2) is 6.61 Å². The van der Waals surface area contributed by atoms with Crippen LogP contribution in [0.15, 0.2) is 47.4 Å². The van der Waals surface area contributed by atoms with Gasteiger partial charge in [-0.1, -0.05) is 12.1 Å². The van der Waals surface area contributed by atoms with E-state index in [1.165, 1.54) is 31.2 Å². The summed E-state index contributed by atoms with van der Waals surface area (Å²) >= 11 is 0. The van der Waals surface area contributed by atoms with Gasteiger partial charge in [0, 0.05) is 6.54 Å². The van der Waals surface area contributed by atoms with Crippen molar-refractivity contribution in [1.82, 2.24) is 10.6 Å². The highest BCUT2D eigenvalue weighted by atomic mass is 32.2. The first-order chi connectivity index (χ1) is 14.1. The van der Waals surface area contributed by atoms with Crippen LogP contribution >= 0.6 is 0 Å². The second kappa shape index (κ2) is 9.83. The molecule has 0 bridgehead atoms. The maximum absolute atomic E-state index is 13.4. The Labute approximate surface area is 172 Å². The first-order valence-corrected chi connectivity index (χ1v) is 10.2. The molecule has 0 atom stereocenters. The Bertz CT molecular complexity index is 1070. The molecule has 9 nitrogen and oxygen atoms in total. The zero-order chi connectivity index (χ0) is 22.3. The largest absolute Gasteiger partial charge is 0.452 e. The van der Waals surface area contributed by atoms with E-state index in [9.17, 15) is 27.2 Å². The van der Waals surface area contributed by atoms with Gasteiger partial charge >= 0.3 is 12.0 Å². The Morgan fingerprint density at radius 3 is 2.47 bits per heavy atom. The third kappa shape index (κ3) is 6.01. The van der Waals surface area contributed by atoms with E-state index in [0.717, 1.165) is 18.2 Å². The van der Waals surface area contributed by atoms with Gasteiger partial charge in [-0.05, 0) is 49.7 Å². The fourth-order valence-electron chi connectivity index (χ4n) is 2.31. The molecule has 2 aromatic rings. The maximum Gasteiger partial charge on any atom is 0.340 e. The van der Waals surface area contributed by atoms with Crippen LogP contribution in [-0.2, 0) is 19.6 Å². The molecule has 3 N–H and O–H groups in total. The molecular formula is C19H20FN3O6S. The van der Waals surface area contributed by atoms with E-state index in [1.54, 1.807) is 6.92 Å². The van der Waals surface area contributed by atoms with Crippen LogP contribution in [0.1, 0.15) is 22.8 Å². The fourth-order valence-corrected chi connectivity index (χ4v) is 3.48. The van der Waals surface area contributed by atoms with E-state index in [-0.39, 0.29) is 21.7 Å². The number of halogens is 1. The van der Waals surface area contributed by atoms with Crippen molar-refractivity contribution < 1.29 is 31.9 Å². The standard InChI is InChI=1S/C19H20FN3O6S/c1-3-21-19(26)22-17(24)11-29-18(25)14-6-4-5-7-16(14)23-30(27,28)13-8-9-15(20)12(2)10-13/h4-10,23H,3,11H2,1-2H3,(H2,21,22,24,26). The second-order valence-electron chi connectivity index (χ2n) is 6.05. The number of ether oxygens (including phenoxy) is 1. The van der Waals surface area contributed by atoms with Crippen LogP contribution in [0.5, 0.6) is 0 Å². The summed E-state index contributed by atoms with van der Waals surface area (Å²) in [6.07, 6.45) is 0. The minimum atomic E-state index is -4.12. The summed E-state index contributed by atoms with van der Waals surface area (Å²) in [4.78, 5) is 35.0. The number of aryl methyl sites for hydroxylation is 1. The number of rotatable bonds is 7. The third-order valence-electron chi connectivity index (χ3n) is 3.76. The summed E-state index contributed by atoms with van der Waals surface area (Å²) < 4.78 is 45.7. The van der Waals surface area contributed by atoms with Gasteiger partial charge in [0.1, 0.15) is 5.82 Å². The number of amides is 3. The summed E-state index contributed by atoms with van der Waals surface area (Å²) in [6.45, 7) is 2.65. The highest BCUT2D eigenvalue weighted by Gasteiger charge is 2.21. The molecule has 0 unspecified atom stereocenters. The highest BCUT2D eigenvalue weighted by molar-refractivity contribution is 7.92. The Kier molecular flexibility index (Phi) is 7.48. The average Bonchev–Trinajstić information content (AvgIpc) is 2.68. The van der Waals surface area contributed by atoms with Crippen molar-refractivity contribution in [2.75, 3.05) is 17.9 Å². The van der Waals surface area contributed by atoms with Crippen LogP contribution in [-0.4, -0.2) is 39.5 Å². The minimum absolute atomic E-state index is 0.0892. The lowest BCUT2D eigenvalue weighted by molar-refractivity contribution is -0.123. The maximum atomic E-state index is 13.4. The first kappa shape index (κ1) is 22.8. The van der Waals surface area contributed by atoms with Gasteiger partial charge in [-0.15, -0.1) is 0 Å². The number of imide groups is 1. The molecule has 0 heterocycles. The Morgan fingerprint density at radius 1 is 1.10 bits per heavy atom. The number of para-hydroxylation sites is 1. The van der Waals surface area contributed by atoms with Gasteiger partial charge in [0.2, 0.25) is 0 Å². The van der Waals surface area contributed by atoms with Gasteiger partial charge in [0.25, 0.3) is 15.9 Å². The number of carbonyl (C=O) groups excluding carboxylic acids is 3. The van der Waals surface area contributed by atoms with E-state index in [1.807, 2.05) is 5.32 Å². The minimum Gasteiger partial charge on any atom is -0.452 e. The Morgan fingerprint density at radius 2 is 1.80 bits per heavy atom. The number of esters is 1. The van der Waals surface area contributed by atoms with E-state index in [0.29, 0.717) is 6.54 Å².